The lowest BCUT2D eigenvalue weighted by atomic mass is 10.2. The summed E-state index contributed by atoms with van der Waals surface area (Å²) < 4.78 is 28.2. The topological polar surface area (TPSA) is 101 Å². The van der Waals surface area contributed by atoms with E-state index in [1.807, 2.05) is 0 Å². The molecule has 29 heavy (non-hydrogen) atoms. The average Bonchev–Trinajstić information content (AvgIpc) is 3.14. The highest BCUT2D eigenvalue weighted by Gasteiger charge is 2.27. The Labute approximate surface area is 167 Å². The van der Waals surface area contributed by atoms with Gasteiger partial charge in [0.25, 0.3) is 5.56 Å². The number of hydrogen-bond donors (Lipinski definition) is 1. The number of sulfonamides is 1. The van der Waals surface area contributed by atoms with Crippen LogP contribution in [-0.4, -0.2) is 37.0 Å². The summed E-state index contributed by atoms with van der Waals surface area (Å²) in [5.41, 5.74) is 1.78. The molecule has 0 bridgehead atoms. The van der Waals surface area contributed by atoms with E-state index in [9.17, 15) is 18.0 Å². The van der Waals surface area contributed by atoms with Crippen LogP contribution in [0, 0.1) is 0 Å². The molecule has 2 heterocycles. The molecule has 0 spiro atoms. The van der Waals surface area contributed by atoms with Crippen molar-refractivity contribution in [3.8, 4) is 0 Å². The van der Waals surface area contributed by atoms with Crippen molar-refractivity contribution in [3.63, 3.8) is 0 Å². The van der Waals surface area contributed by atoms with Crippen molar-refractivity contribution in [2.75, 3.05) is 18.0 Å². The van der Waals surface area contributed by atoms with Crippen molar-refractivity contribution in [1.82, 2.24) is 14.3 Å². The van der Waals surface area contributed by atoms with Crippen LogP contribution in [0.15, 0.2) is 58.5 Å². The third-order valence-electron chi connectivity index (χ3n) is 4.93. The van der Waals surface area contributed by atoms with Gasteiger partial charge in [0.1, 0.15) is 6.54 Å². The highest BCUT2D eigenvalue weighted by molar-refractivity contribution is 7.89. The fraction of sp³-hybridized carbons (Fsp3) is 0.250. The monoisotopic (exact) mass is 412 g/mol. The number of carbonyl (C=O) groups excluding carboxylic acids is 1. The third kappa shape index (κ3) is 3.54. The maximum absolute atomic E-state index is 12.9. The fourth-order valence-electron chi connectivity index (χ4n) is 3.53. The molecule has 0 fully saturated rings. The molecular formula is C20H20N4O4S. The summed E-state index contributed by atoms with van der Waals surface area (Å²) in [6.45, 7) is 2.33. The molecule has 2 aromatic carbocycles. The van der Waals surface area contributed by atoms with Gasteiger partial charge in [-0.3, -0.25) is 14.2 Å². The molecule has 1 N–H and O–H groups in total. The first-order valence-electron chi connectivity index (χ1n) is 9.28. The maximum Gasteiger partial charge on any atom is 0.261 e. The van der Waals surface area contributed by atoms with E-state index < -0.39 is 10.0 Å². The predicted molar refractivity (Wildman–Crippen MR) is 109 cm³/mol. The van der Waals surface area contributed by atoms with Gasteiger partial charge in [-0.05, 0) is 42.3 Å². The highest BCUT2D eigenvalue weighted by Crippen LogP contribution is 2.30. The fourth-order valence-corrected chi connectivity index (χ4v) is 4.62. The Morgan fingerprint density at radius 1 is 1.21 bits per heavy atom. The normalized spacial score (nSPS) is 13.6. The molecule has 8 nitrogen and oxygen atoms in total. The van der Waals surface area contributed by atoms with E-state index in [0.29, 0.717) is 36.1 Å². The Morgan fingerprint density at radius 3 is 2.79 bits per heavy atom. The molecule has 1 aliphatic heterocycles. The summed E-state index contributed by atoms with van der Waals surface area (Å²) in [5.74, 6) is -0.245. The van der Waals surface area contributed by atoms with Gasteiger partial charge >= 0.3 is 0 Å². The highest BCUT2D eigenvalue weighted by atomic mass is 32.2. The number of nitrogens with one attached hydrogen (secondary N) is 1. The number of amides is 1. The number of aromatic nitrogens is 2. The number of carbonyl (C=O) groups is 1. The Kier molecular flexibility index (Phi) is 4.93. The van der Waals surface area contributed by atoms with Gasteiger partial charge in [-0.1, -0.05) is 19.1 Å². The van der Waals surface area contributed by atoms with Gasteiger partial charge in [0, 0.05) is 18.8 Å². The van der Waals surface area contributed by atoms with E-state index in [1.54, 1.807) is 48.2 Å². The van der Waals surface area contributed by atoms with E-state index in [1.165, 1.54) is 17.0 Å². The number of hydrogen-bond acceptors (Lipinski definition) is 5. The minimum absolute atomic E-state index is 0.131. The number of nitrogens with zero attached hydrogens (tertiary/aromatic N) is 3. The second-order valence-electron chi connectivity index (χ2n) is 6.78. The molecule has 9 heteroatoms. The number of para-hydroxylation sites is 1. The molecule has 0 radical (unpaired) electrons. The first-order chi connectivity index (χ1) is 13.9. The van der Waals surface area contributed by atoms with Crippen LogP contribution in [0.2, 0.25) is 0 Å². The zero-order chi connectivity index (χ0) is 20.6. The predicted octanol–water partition coefficient (Wildman–Crippen LogP) is 1.28. The number of rotatable bonds is 5. The van der Waals surface area contributed by atoms with Gasteiger partial charge in [0.05, 0.1) is 22.1 Å². The van der Waals surface area contributed by atoms with Crippen molar-refractivity contribution in [2.24, 2.45) is 0 Å². The Morgan fingerprint density at radius 2 is 2.00 bits per heavy atom. The quantitative estimate of drug-likeness (QED) is 0.680. The summed E-state index contributed by atoms with van der Waals surface area (Å²) in [6.07, 6.45) is 1.94. The Hall–Kier alpha value is -3.04. The molecule has 0 saturated carbocycles. The first kappa shape index (κ1) is 19.3. The van der Waals surface area contributed by atoms with Gasteiger partial charge in [0.15, 0.2) is 0 Å². The zero-order valence-electron chi connectivity index (χ0n) is 15.8. The number of fused-ring (bicyclic) bond motifs is 2. The molecule has 1 amide bonds. The lowest BCUT2D eigenvalue weighted by molar-refractivity contribution is -0.119. The second kappa shape index (κ2) is 7.41. The molecule has 4 rings (SSSR count). The molecule has 150 valence electrons. The third-order valence-corrected chi connectivity index (χ3v) is 6.47. The van der Waals surface area contributed by atoms with Gasteiger partial charge in [0.2, 0.25) is 15.9 Å². The average molecular weight is 412 g/mol. The van der Waals surface area contributed by atoms with Crippen LogP contribution in [0.5, 0.6) is 0 Å². The van der Waals surface area contributed by atoms with Crippen molar-refractivity contribution in [1.29, 1.82) is 0 Å². The summed E-state index contributed by atoms with van der Waals surface area (Å²) in [6, 6.07) is 11.7. The molecule has 1 aromatic heterocycles. The van der Waals surface area contributed by atoms with E-state index in [4.69, 9.17) is 0 Å². The number of benzene rings is 2. The van der Waals surface area contributed by atoms with Crippen molar-refractivity contribution < 1.29 is 13.2 Å². The molecule has 0 aliphatic carbocycles. The minimum atomic E-state index is -3.55. The van der Waals surface area contributed by atoms with Crippen LogP contribution >= 0.6 is 0 Å². The molecule has 0 unspecified atom stereocenters. The van der Waals surface area contributed by atoms with E-state index >= 15 is 0 Å². The van der Waals surface area contributed by atoms with Gasteiger partial charge in [-0.2, -0.15) is 0 Å². The molecular weight excluding hydrogens is 392 g/mol. The minimum Gasteiger partial charge on any atom is -0.310 e. The van der Waals surface area contributed by atoms with E-state index in [2.05, 4.69) is 9.71 Å². The van der Waals surface area contributed by atoms with Crippen LogP contribution < -0.4 is 15.2 Å². The second-order valence-corrected chi connectivity index (χ2v) is 8.55. The van der Waals surface area contributed by atoms with Crippen LogP contribution in [0.3, 0.4) is 0 Å². The first-order valence-corrected chi connectivity index (χ1v) is 10.8. The molecule has 0 saturated heterocycles. The molecule has 0 atom stereocenters. The smallest absolute Gasteiger partial charge is 0.261 e. The SMILES string of the molecule is CCNS(=O)(=O)c1ccc2c(c1)CCN2C(=O)Cn1cnc2ccccc2c1=O. The van der Waals surface area contributed by atoms with Crippen molar-refractivity contribution in [3.05, 3.63) is 64.7 Å². The summed E-state index contributed by atoms with van der Waals surface area (Å²) in [4.78, 5) is 31.5. The molecule has 1 aliphatic rings. The lowest BCUT2D eigenvalue weighted by Crippen LogP contribution is -2.35. The molecule has 3 aromatic rings. The number of anilines is 1. The van der Waals surface area contributed by atoms with Gasteiger partial charge < -0.3 is 4.90 Å². The summed E-state index contributed by atoms with van der Waals surface area (Å²) in [5, 5.41) is 0.461. The van der Waals surface area contributed by atoms with Crippen molar-refractivity contribution in [2.45, 2.75) is 24.8 Å². The Bertz CT molecular complexity index is 1270. The van der Waals surface area contributed by atoms with Crippen LogP contribution in [0.4, 0.5) is 5.69 Å². The van der Waals surface area contributed by atoms with E-state index in [-0.39, 0.29) is 22.9 Å². The van der Waals surface area contributed by atoms with Crippen molar-refractivity contribution >= 4 is 32.5 Å². The van der Waals surface area contributed by atoms with Crippen LogP contribution in [-0.2, 0) is 27.8 Å². The summed E-state index contributed by atoms with van der Waals surface area (Å²) >= 11 is 0. The zero-order valence-corrected chi connectivity index (χ0v) is 16.6. The maximum atomic E-state index is 12.9. The van der Waals surface area contributed by atoms with Crippen LogP contribution in [0.25, 0.3) is 10.9 Å². The standard InChI is InChI=1S/C20H20N4O4S/c1-2-22-29(27,28)15-7-8-18-14(11-15)9-10-24(18)19(25)12-23-13-21-17-6-4-3-5-16(17)20(23)26/h3-8,11,13,22H,2,9-10,12H2,1H3. The van der Waals surface area contributed by atoms with Crippen LogP contribution in [0.1, 0.15) is 12.5 Å². The summed E-state index contributed by atoms with van der Waals surface area (Å²) in [7, 11) is -3.55. The Balaban J connectivity index is 1.60. The largest absolute Gasteiger partial charge is 0.310 e. The lowest BCUT2D eigenvalue weighted by Gasteiger charge is -2.18. The van der Waals surface area contributed by atoms with E-state index in [0.717, 1.165) is 5.56 Å². The van der Waals surface area contributed by atoms with Gasteiger partial charge in [-0.15, -0.1) is 0 Å². The van der Waals surface area contributed by atoms with Gasteiger partial charge in [-0.25, -0.2) is 18.1 Å².